The van der Waals surface area contributed by atoms with Gasteiger partial charge in [-0.3, -0.25) is 0 Å². The zero-order valence-electron chi connectivity index (χ0n) is 10.3. The number of nitrogens with zero attached hydrogens (tertiary/aromatic N) is 2. The van der Waals surface area contributed by atoms with Crippen LogP contribution in [0, 0.1) is 0 Å². The molecule has 2 N–H and O–H groups in total. The fourth-order valence-corrected chi connectivity index (χ4v) is 1.78. The Hall–Kier alpha value is -2.63. The van der Waals surface area contributed by atoms with Crippen LogP contribution < -0.4 is 4.57 Å². The number of imidazole rings is 1. The highest BCUT2D eigenvalue weighted by Crippen LogP contribution is 2.17. The molecular formula is C13H13N2O4+. The van der Waals surface area contributed by atoms with Crippen molar-refractivity contribution in [2.45, 2.75) is 13.5 Å². The quantitative estimate of drug-likeness (QED) is 0.809. The average Bonchev–Trinajstić information content (AvgIpc) is 2.86. The third kappa shape index (κ3) is 2.47. The Morgan fingerprint density at radius 2 is 2.00 bits per heavy atom. The van der Waals surface area contributed by atoms with Crippen LogP contribution >= 0.6 is 0 Å². The van der Waals surface area contributed by atoms with Gasteiger partial charge in [0.05, 0.1) is 12.1 Å². The van der Waals surface area contributed by atoms with Crippen LogP contribution in [0.25, 0.3) is 5.69 Å². The lowest BCUT2D eigenvalue weighted by Crippen LogP contribution is -2.28. The maximum Gasteiger partial charge on any atom is 0.340 e. The minimum absolute atomic E-state index is 0.0525. The number of aromatic nitrogens is 2. The molecule has 98 valence electrons. The van der Waals surface area contributed by atoms with Gasteiger partial charge in [0, 0.05) is 6.07 Å². The topological polar surface area (TPSA) is 83.4 Å². The van der Waals surface area contributed by atoms with Gasteiger partial charge in [-0.05, 0) is 19.1 Å². The summed E-state index contributed by atoms with van der Waals surface area (Å²) in [4.78, 5) is 22.2. The van der Waals surface area contributed by atoms with Crippen molar-refractivity contribution in [3.8, 4) is 5.69 Å². The molecule has 0 radical (unpaired) electrons. The summed E-state index contributed by atoms with van der Waals surface area (Å²) in [6, 6.07) is 3.94. The molecule has 0 saturated carbocycles. The maximum absolute atomic E-state index is 11.2. The molecule has 0 aliphatic carbocycles. The highest BCUT2D eigenvalue weighted by atomic mass is 16.4. The molecule has 0 aliphatic heterocycles. The van der Waals surface area contributed by atoms with Crippen LogP contribution in [0.3, 0.4) is 0 Å². The summed E-state index contributed by atoms with van der Waals surface area (Å²) >= 11 is 0. The second-order valence-electron chi connectivity index (χ2n) is 3.99. The van der Waals surface area contributed by atoms with Gasteiger partial charge in [0.2, 0.25) is 6.33 Å². The van der Waals surface area contributed by atoms with E-state index < -0.39 is 11.9 Å². The predicted molar refractivity (Wildman–Crippen MR) is 65.6 cm³/mol. The number of aromatic carboxylic acids is 2. The van der Waals surface area contributed by atoms with E-state index in [4.69, 9.17) is 10.2 Å². The van der Waals surface area contributed by atoms with E-state index in [0.717, 1.165) is 6.54 Å². The molecule has 0 aliphatic rings. The molecular weight excluding hydrogens is 248 g/mol. The predicted octanol–water partition coefficient (Wildman–Crippen LogP) is 1.18. The molecule has 0 amide bonds. The van der Waals surface area contributed by atoms with Crippen LogP contribution in [-0.2, 0) is 6.54 Å². The van der Waals surface area contributed by atoms with Crippen molar-refractivity contribution in [2.24, 2.45) is 0 Å². The van der Waals surface area contributed by atoms with Gasteiger partial charge in [0.1, 0.15) is 23.6 Å². The van der Waals surface area contributed by atoms with Crippen molar-refractivity contribution in [1.82, 2.24) is 4.57 Å². The first-order valence-electron chi connectivity index (χ1n) is 5.71. The molecule has 0 atom stereocenters. The Kier molecular flexibility index (Phi) is 3.33. The Morgan fingerprint density at radius 3 is 2.53 bits per heavy atom. The highest BCUT2D eigenvalue weighted by molar-refractivity contribution is 5.95. The number of carboxylic acids is 2. The van der Waals surface area contributed by atoms with E-state index in [2.05, 4.69) is 0 Å². The first-order chi connectivity index (χ1) is 9.02. The van der Waals surface area contributed by atoms with Gasteiger partial charge in [-0.2, -0.15) is 0 Å². The molecule has 19 heavy (non-hydrogen) atoms. The Balaban J connectivity index is 2.60. The summed E-state index contributed by atoms with van der Waals surface area (Å²) < 4.78 is 3.46. The fraction of sp³-hybridized carbons (Fsp3) is 0.154. The number of hydrogen-bond acceptors (Lipinski definition) is 2. The summed E-state index contributed by atoms with van der Waals surface area (Å²) in [5.74, 6) is -2.18. The van der Waals surface area contributed by atoms with Gasteiger partial charge in [0.25, 0.3) is 0 Å². The third-order valence-electron chi connectivity index (χ3n) is 2.81. The molecule has 1 aromatic heterocycles. The third-order valence-corrected chi connectivity index (χ3v) is 2.81. The summed E-state index contributed by atoms with van der Waals surface area (Å²) in [6.07, 6.45) is 5.20. The molecule has 0 bridgehead atoms. The second kappa shape index (κ2) is 4.93. The zero-order chi connectivity index (χ0) is 14.0. The van der Waals surface area contributed by atoms with Crippen molar-refractivity contribution in [3.63, 3.8) is 0 Å². The number of carboxylic acid groups (broad SMARTS) is 2. The van der Waals surface area contributed by atoms with Crippen LogP contribution in [0.15, 0.2) is 36.9 Å². The first-order valence-corrected chi connectivity index (χ1v) is 5.71. The Morgan fingerprint density at radius 1 is 1.26 bits per heavy atom. The molecule has 6 heteroatoms. The minimum atomic E-state index is -1.09. The lowest BCUT2D eigenvalue weighted by Gasteiger charge is -2.03. The van der Waals surface area contributed by atoms with E-state index in [1.54, 1.807) is 23.3 Å². The molecule has 2 rings (SSSR count). The van der Waals surface area contributed by atoms with Crippen LogP contribution in [0.5, 0.6) is 0 Å². The molecule has 1 heterocycles. The fourth-order valence-electron chi connectivity index (χ4n) is 1.78. The lowest BCUT2D eigenvalue weighted by atomic mass is 10.1. The number of aryl methyl sites for hydroxylation is 1. The van der Waals surface area contributed by atoms with Gasteiger partial charge >= 0.3 is 11.9 Å². The maximum atomic E-state index is 11.2. The SMILES string of the molecule is CC[n+]1ccn(-c2cc(C(=O)O)ccc2C(=O)O)c1. The monoisotopic (exact) mass is 261 g/mol. The summed E-state index contributed by atoms with van der Waals surface area (Å²) in [6.45, 7) is 2.70. The lowest BCUT2D eigenvalue weighted by molar-refractivity contribution is -0.692. The van der Waals surface area contributed by atoms with Crippen molar-refractivity contribution >= 4 is 11.9 Å². The number of rotatable bonds is 4. The van der Waals surface area contributed by atoms with E-state index >= 15 is 0 Å². The van der Waals surface area contributed by atoms with E-state index in [9.17, 15) is 9.59 Å². The van der Waals surface area contributed by atoms with E-state index in [1.807, 2.05) is 11.5 Å². The highest BCUT2D eigenvalue weighted by Gasteiger charge is 2.18. The largest absolute Gasteiger partial charge is 0.478 e. The zero-order valence-corrected chi connectivity index (χ0v) is 10.3. The molecule has 0 saturated heterocycles. The van der Waals surface area contributed by atoms with E-state index in [0.29, 0.717) is 5.69 Å². The molecule has 1 aromatic carbocycles. The molecule has 0 spiro atoms. The first kappa shape index (κ1) is 12.8. The summed E-state index contributed by atoms with van der Waals surface area (Å²) in [5.41, 5.74) is 0.445. The van der Waals surface area contributed by atoms with E-state index in [-0.39, 0.29) is 11.1 Å². The normalized spacial score (nSPS) is 10.4. The van der Waals surface area contributed by atoms with Gasteiger partial charge in [-0.15, -0.1) is 0 Å². The molecule has 0 unspecified atom stereocenters. The van der Waals surface area contributed by atoms with Gasteiger partial charge < -0.3 is 10.2 Å². The Labute approximate surface area is 109 Å². The van der Waals surface area contributed by atoms with Crippen LogP contribution in [0.2, 0.25) is 0 Å². The Bertz CT molecular complexity index is 646. The van der Waals surface area contributed by atoms with Gasteiger partial charge in [-0.1, -0.05) is 0 Å². The van der Waals surface area contributed by atoms with Crippen molar-refractivity contribution < 1.29 is 24.4 Å². The number of hydrogen-bond donors (Lipinski definition) is 2. The molecule has 6 nitrogen and oxygen atoms in total. The van der Waals surface area contributed by atoms with Crippen molar-refractivity contribution in [1.29, 1.82) is 0 Å². The number of benzene rings is 1. The number of carbonyl (C=O) groups is 2. The molecule has 0 fully saturated rings. The second-order valence-corrected chi connectivity index (χ2v) is 3.99. The average molecular weight is 261 g/mol. The van der Waals surface area contributed by atoms with Crippen molar-refractivity contribution in [2.75, 3.05) is 0 Å². The van der Waals surface area contributed by atoms with Crippen LogP contribution in [-0.4, -0.2) is 26.7 Å². The summed E-state index contributed by atoms with van der Waals surface area (Å²) in [5, 5.41) is 18.1. The molecule has 2 aromatic rings. The minimum Gasteiger partial charge on any atom is -0.478 e. The van der Waals surface area contributed by atoms with E-state index in [1.165, 1.54) is 18.2 Å². The summed E-state index contributed by atoms with van der Waals surface area (Å²) in [7, 11) is 0. The van der Waals surface area contributed by atoms with Gasteiger partial charge in [0.15, 0.2) is 0 Å². The van der Waals surface area contributed by atoms with Crippen LogP contribution in [0.1, 0.15) is 27.6 Å². The van der Waals surface area contributed by atoms with Crippen LogP contribution in [0.4, 0.5) is 0 Å². The van der Waals surface area contributed by atoms with Gasteiger partial charge in [-0.25, -0.2) is 18.7 Å². The smallest absolute Gasteiger partial charge is 0.340 e. The van der Waals surface area contributed by atoms with Crippen molar-refractivity contribution in [3.05, 3.63) is 48.0 Å². The standard InChI is InChI=1S/C13H12N2O4/c1-2-14-5-6-15(8-14)11-7-9(12(16)17)3-4-10(11)13(18)19/h3-8H,2H2,1H3,(H-,16,17,18,19)/p+1.